The predicted molar refractivity (Wildman–Crippen MR) is 167 cm³/mol. The Bertz CT molecular complexity index is 1650. The summed E-state index contributed by atoms with van der Waals surface area (Å²) < 4.78 is 46.7. The molecular weight excluding hydrogens is 602 g/mol. The Morgan fingerprint density at radius 2 is 1.87 bits per heavy atom. The second-order valence-corrected chi connectivity index (χ2v) is 12.4. The molecule has 1 aliphatic rings. The summed E-state index contributed by atoms with van der Waals surface area (Å²) in [5, 5.41) is 9.96. The number of amides is 2. The van der Waals surface area contributed by atoms with Crippen molar-refractivity contribution in [3.05, 3.63) is 54.6 Å². The number of anilines is 2. The lowest BCUT2D eigenvalue weighted by Gasteiger charge is -2.35. The van der Waals surface area contributed by atoms with Gasteiger partial charge < -0.3 is 33.5 Å². The van der Waals surface area contributed by atoms with Crippen LogP contribution in [0.1, 0.15) is 33.0 Å². The Hall–Kier alpha value is -4.31. The summed E-state index contributed by atoms with van der Waals surface area (Å²) in [7, 11) is 1.56. The van der Waals surface area contributed by atoms with Gasteiger partial charge in [0.25, 0.3) is 0 Å². The molecule has 0 spiro atoms. The molecule has 1 atom stereocenters. The molecule has 4 aromatic rings. The highest BCUT2D eigenvalue weighted by atomic mass is 32.2. The second kappa shape index (κ2) is 14.2. The normalized spacial score (nSPS) is 15.0. The van der Waals surface area contributed by atoms with E-state index in [2.05, 4.69) is 30.7 Å². The molecule has 5 rings (SSSR count). The fourth-order valence-corrected chi connectivity index (χ4v) is 5.14. The van der Waals surface area contributed by atoms with Gasteiger partial charge in [-0.2, -0.15) is 0 Å². The number of fused-ring (bicyclic) bond motifs is 1. The van der Waals surface area contributed by atoms with E-state index in [0.29, 0.717) is 84.1 Å². The molecule has 3 heterocycles. The van der Waals surface area contributed by atoms with Gasteiger partial charge in [-0.25, -0.2) is 19.1 Å². The summed E-state index contributed by atoms with van der Waals surface area (Å²) in [5.41, 5.74) is 0.869. The van der Waals surface area contributed by atoms with Crippen LogP contribution in [0.3, 0.4) is 0 Å². The minimum Gasteiger partial charge on any atom is -0.760 e. The van der Waals surface area contributed by atoms with Crippen LogP contribution in [0.15, 0.2) is 53.3 Å². The third-order valence-corrected chi connectivity index (χ3v) is 7.89. The summed E-state index contributed by atoms with van der Waals surface area (Å²) >= 11 is -2.16. The van der Waals surface area contributed by atoms with Crippen molar-refractivity contribution in [3.8, 4) is 23.1 Å². The van der Waals surface area contributed by atoms with E-state index < -0.39 is 17.3 Å². The van der Waals surface area contributed by atoms with Crippen molar-refractivity contribution in [2.45, 2.75) is 32.6 Å². The number of benzene rings is 2. The molecule has 1 aliphatic heterocycles. The van der Waals surface area contributed by atoms with E-state index in [4.69, 9.17) is 18.7 Å². The second-order valence-electron chi connectivity index (χ2n) is 11.4. The summed E-state index contributed by atoms with van der Waals surface area (Å²) in [6.45, 7) is 9.60. The largest absolute Gasteiger partial charge is 0.760 e. The van der Waals surface area contributed by atoms with Crippen LogP contribution in [0.2, 0.25) is 0 Å². The molecule has 14 nitrogen and oxygen atoms in total. The van der Waals surface area contributed by atoms with E-state index >= 15 is 0 Å². The van der Waals surface area contributed by atoms with Gasteiger partial charge in [-0.15, -0.1) is 0 Å². The van der Waals surface area contributed by atoms with Crippen LogP contribution in [-0.2, 0) is 16.7 Å². The van der Waals surface area contributed by atoms with Crippen LogP contribution in [-0.4, -0.2) is 85.6 Å². The molecule has 2 aromatic carbocycles. The Morgan fingerprint density at radius 3 is 2.58 bits per heavy atom. The van der Waals surface area contributed by atoms with Gasteiger partial charge in [0.05, 0.1) is 24.6 Å². The quantitative estimate of drug-likeness (QED) is 0.175. The number of hydrogen-bond acceptors (Lipinski definition) is 11. The molecule has 1 unspecified atom stereocenters. The summed E-state index contributed by atoms with van der Waals surface area (Å²) in [4.78, 5) is 23.5. The standard InChI is InChI=1S/C30H37N7O7S/c1-30(2,3)26-18-27(35-44-26)34-29(38)33-20-7-5-8-21(15-20)43-28-22-16-24(41-4)25(17-23(22)31-19-32-28)42-14-6-9-36-10-12-37(13-11-36)45(39)40/h5,7-8,15-19H,6,9-14H2,1-4H3,(H,39,40)(H2,33,34,35,38)/p-1. The van der Waals surface area contributed by atoms with Gasteiger partial charge in [0.15, 0.2) is 17.3 Å². The summed E-state index contributed by atoms with van der Waals surface area (Å²) in [6, 6.07) is 11.7. The van der Waals surface area contributed by atoms with Crippen molar-refractivity contribution in [2.75, 3.05) is 57.1 Å². The first-order chi connectivity index (χ1) is 21.6. The zero-order chi connectivity index (χ0) is 32.0. The zero-order valence-electron chi connectivity index (χ0n) is 25.6. The molecule has 2 amide bonds. The van der Waals surface area contributed by atoms with Crippen LogP contribution in [0.5, 0.6) is 23.1 Å². The Balaban J connectivity index is 1.20. The fraction of sp³-hybridized carbons (Fsp3) is 0.400. The molecule has 2 N–H and O–H groups in total. The molecule has 0 aliphatic carbocycles. The third kappa shape index (κ3) is 8.45. The minimum atomic E-state index is -2.16. The molecule has 1 saturated heterocycles. The average Bonchev–Trinajstić information content (AvgIpc) is 3.48. The van der Waals surface area contributed by atoms with Crippen LogP contribution < -0.4 is 24.8 Å². The maximum atomic E-state index is 12.6. The van der Waals surface area contributed by atoms with Crippen LogP contribution in [0.4, 0.5) is 16.3 Å². The molecule has 0 bridgehead atoms. The number of urea groups is 1. The Kier molecular flexibility index (Phi) is 10.1. The van der Waals surface area contributed by atoms with E-state index in [1.165, 1.54) is 10.6 Å². The number of hydrogen-bond donors (Lipinski definition) is 2. The highest BCUT2D eigenvalue weighted by Gasteiger charge is 2.21. The summed E-state index contributed by atoms with van der Waals surface area (Å²) in [5.74, 6) is 2.77. The topological polar surface area (TPSA) is 167 Å². The number of methoxy groups -OCH3 is 1. The maximum absolute atomic E-state index is 12.6. The van der Waals surface area contributed by atoms with Crippen molar-refractivity contribution < 1.29 is 32.3 Å². The zero-order valence-corrected chi connectivity index (χ0v) is 26.4. The van der Waals surface area contributed by atoms with Crippen molar-refractivity contribution in [1.29, 1.82) is 0 Å². The molecule has 2 aromatic heterocycles. The summed E-state index contributed by atoms with van der Waals surface area (Å²) in [6.07, 6.45) is 2.17. The number of nitrogens with zero attached hydrogens (tertiary/aromatic N) is 5. The lowest BCUT2D eigenvalue weighted by atomic mass is 9.93. The number of carbonyl (C=O) groups is 1. The smallest absolute Gasteiger partial charge is 0.324 e. The first kappa shape index (κ1) is 32.1. The van der Waals surface area contributed by atoms with Crippen molar-refractivity contribution >= 4 is 39.7 Å². The van der Waals surface area contributed by atoms with Gasteiger partial charge in [-0.1, -0.05) is 32.0 Å². The highest BCUT2D eigenvalue weighted by Crippen LogP contribution is 2.36. The van der Waals surface area contributed by atoms with E-state index in [9.17, 15) is 13.6 Å². The molecule has 1 fully saturated rings. The van der Waals surface area contributed by atoms with Gasteiger partial charge in [0.1, 0.15) is 17.8 Å². The van der Waals surface area contributed by atoms with Crippen molar-refractivity contribution in [2.24, 2.45) is 0 Å². The van der Waals surface area contributed by atoms with Gasteiger partial charge in [-0.05, 0) is 24.6 Å². The Morgan fingerprint density at radius 1 is 1.07 bits per heavy atom. The molecule has 0 radical (unpaired) electrons. The van der Waals surface area contributed by atoms with Gasteiger partial charge in [-0.3, -0.25) is 9.53 Å². The average molecular weight is 639 g/mol. The monoisotopic (exact) mass is 638 g/mol. The first-order valence-electron chi connectivity index (χ1n) is 14.4. The number of nitrogens with one attached hydrogen (secondary N) is 2. The van der Waals surface area contributed by atoms with E-state index in [0.717, 1.165) is 13.0 Å². The van der Waals surface area contributed by atoms with Gasteiger partial charge in [0, 0.05) is 73.3 Å². The highest BCUT2D eigenvalue weighted by molar-refractivity contribution is 7.76. The predicted octanol–water partition coefficient (Wildman–Crippen LogP) is 4.54. The lowest BCUT2D eigenvalue weighted by molar-refractivity contribution is 0.172. The van der Waals surface area contributed by atoms with Crippen molar-refractivity contribution in [1.82, 2.24) is 24.3 Å². The minimum absolute atomic E-state index is 0.235. The number of piperazine rings is 1. The molecule has 0 saturated carbocycles. The molecular formula is C30H36N7O7S-. The third-order valence-electron chi connectivity index (χ3n) is 7.10. The van der Waals surface area contributed by atoms with Crippen LogP contribution in [0.25, 0.3) is 10.9 Å². The number of carbonyl (C=O) groups excluding carboxylic acids is 1. The number of rotatable bonds is 11. The van der Waals surface area contributed by atoms with Gasteiger partial charge in [0.2, 0.25) is 5.88 Å². The van der Waals surface area contributed by atoms with E-state index in [-0.39, 0.29) is 5.41 Å². The molecule has 240 valence electrons. The number of ether oxygens (including phenoxy) is 3. The van der Waals surface area contributed by atoms with Crippen molar-refractivity contribution in [3.63, 3.8) is 0 Å². The maximum Gasteiger partial charge on any atom is 0.324 e. The fourth-order valence-electron chi connectivity index (χ4n) is 4.68. The number of aromatic nitrogens is 3. The first-order valence-corrected chi connectivity index (χ1v) is 15.5. The lowest BCUT2D eigenvalue weighted by Crippen LogP contribution is -2.47. The van der Waals surface area contributed by atoms with Crippen LogP contribution in [0, 0.1) is 0 Å². The van der Waals surface area contributed by atoms with Crippen LogP contribution >= 0.6 is 0 Å². The van der Waals surface area contributed by atoms with E-state index in [1.54, 1.807) is 49.6 Å². The molecule has 45 heavy (non-hydrogen) atoms. The van der Waals surface area contributed by atoms with Gasteiger partial charge >= 0.3 is 6.03 Å². The molecule has 15 heteroatoms. The Labute approximate surface area is 263 Å². The SMILES string of the molecule is COc1cc2c(Oc3cccc(NC(=O)Nc4cc(C(C)(C)C)on4)c3)ncnc2cc1OCCCN1CCN(S(=O)[O-])CC1. The van der Waals surface area contributed by atoms with E-state index in [1.807, 2.05) is 20.8 Å².